The molecule has 4 aromatic carbocycles. The number of carbonyl (C=O) groups is 2. The molecule has 0 aliphatic carbocycles. The largest absolute Gasteiger partial charge is 0.484 e. The predicted octanol–water partition coefficient (Wildman–Crippen LogP) is 4.90. The summed E-state index contributed by atoms with van der Waals surface area (Å²) >= 11 is 0. The number of amides is 1. The van der Waals surface area contributed by atoms with Gasteiger partial charge in [-0.05, 0) is 65.7 Å². The zero-order chi connectivity index (χ0) is 23.0. The first-order valence-corrected chi connectivity index (χ1v) is 10.4. The van der Waals surface area contributed by atoms with Crippen molar-refractivity contribution < 1.29 is 19.1 Å². The van der Waals surface area contributed by atoms with Crippen LogP contribution in [0.2, 0.25) is 0 Å². The molecule has 1 N–H and O–H groups in total. The fourth-order valence-corrected chi connectivity index (χ4v) is 3.18. The molecule has 4 rings (SSSR count). The van der Waals surface area contributed by atoms with Crippen LogP contribution in [0.4, 0.5) is 0 Å². The number of aryl methyl sites for hydroxylation is 1. The molecule has 0 atom stereocenters. The van der Waals surface area contributed by atoms with Gasteiger partial charge in [-0.15, -0.1) is 0 Å². The molecule has 0 unspecified atom stereocenters. The van der Waals surface area contributed by atoms with E-state index in [2.05, 4.69) is 10.5 Å². The fourth-order valence-electron chi connectivity index (χ4n) is 3.18. The third kappa shape index (κ3) is 5.83. The standard InChI is InChI=1S/C27H22N2O4/c1-19-9-13-22(14-10-19)32-18-26(30)29-28-17-20-11-15-23(16-12-20)33-27(31)25-8-4-6-21-5-2-3-7-24(21)25/h2-17H,18H2,1H3,(H,29,30)/b28-17-. The van der Waals surface area contributed by atoms with Crippen molar-refractivity contribution in [1.29, 1.82) is 0 Å². The molecule has 6 heteroatoms. The summed E-state index contributed by atoms with van der Waals surface area (Å²) in [5, 5.41) is 5.75. The first kappa shape index (κ1) is 21.8. The highest BCUT2D eigenvalue weighted by Crippen LogP contribution is 2.21. The van der Waals surface area contributed by atoms with Gasteiger partial charge in [-0.3, -0.25) is 4.79 Å². The Labute approximate surface area is 191 Å². The Bertz CT molecular complexity index is 1290. The van der Waals surface area contributed by atoms with Crippen LogP contribution in [0, 0.1) is 6.92 Å². The molecule has 1 amide bonds. The molecule has 0 bridgehead atoms. The Balaban J connectivity index is 1.29. The van der Waals surface area contributed by atoms with Crippen molar-refractivity contribution in [3.8, 4) is 11.5 Å². The van der Waals surface area contributed by atoms with Crippen molar-refractivity contribution in [2.75, 3.05) is 6.61 Å². The van der Waals surface area contributed by atoms with E-state index in [0.717, 1.165) is 21.9 Å². The van der Waals surface area contributed by atoms with Gasteiger partial charge in [-0.25, -0.2) is 10.2 Å². The molecular formula is C27H22N2O4. The Morgan fingerprint density at radius 2 is 1.55 bits per heavy atom. The monoisotopic (exact) mass is 438 g/mol. The van der Waals surface area contributed by atoms with Gasteiger partial charge in [0.05, 0.1) is 11.8 Å². The number of ether oxygens (including phenoxy) is 2. The molecule has 0 aliphatic heterocycles. The molecule has 0 aliphatic rings. The second kappa shape index (κ2) is 10.2. The molecule has 0 saturated carbocycles. The number of fused-ring (bicyclic) bond motifs is 1. The number of esters is 1. The molecule has 6 nitrogen and oxygen atoms in total. The van der Waals surface area contributed by atoms with Crippen LogP contribution in [0.25, 0.3) is 10.8 Å². The lowest BCUT2D eigenvalue weighted by Gasteiger charge is -2.07. The Morgan fingerprint density at radius 1 is 0.848 bits per heavy atom. The van der Waals surface area contributed by atoms with E-state index >= 15 is 0 Å². The van der Waals surface area contributed by atoms with Gasteiger partial charge in [0.2, 0.25) is 0 Å². The van der Waals surface area contributed by atoms with Crippen molar-refractivity contribution in [1.82, 2.24) is 5.43 Å². The first-order valence-electron chi connectivity index (χ1n) is 10.4. The molecule has 0 radical (unpaired) electrons. The van der Waals surface area contributed by atoms with Crippen molar-refractivity contribution in [2.45, 2.75) is 6.92 Å². The lowest BCUT2D eigenvalue weighted by Crippen LogP contribution is -2.24. The van der Waals surface area contributed by atoms with E-state index in [1.165, 1.54) is 6.21 Å². The maximum Gasteiger partial charge on any atom is 0.344 e. The predicted molar refractivity (Wildman–Crippen MR) is 128 cm³/mol. The summed E-state index contributed by atoms with van der Waals surface area (Å²) in [6.45, 7) is 1.84. The normalized spacial score (nSPS) is 10.8. The van der Waals surface area contributed by atoms with Crippen molar-refractivity contribution in [2.24, 2.45) is 5.10 Å². The van der Waals surface area contributed by atoms with Gasteiger partial charge in [-0.1, -0.05) is 54.1 Å². The first-order chi connectivity index (χ1) is 16.1. The minimum absolute atomic E-state index is 0.135. The minimum Gasteiger partial charge on any atom is -0.484 e. The van der Waals surface area contributed by atoms with Crippen molar-refractivity contribution in [3.63, 3.8) is 0 Å². The lowest BCUT2D eigenvalue weighted by atomic mass is 10.0. The van der Waals surface area contributed by atoms with Gasteiger partial charge < -0.3 is 9.47 Å². The van der Waals surface area contributed by atoms with Crippen LogP contribution < -0.4 is 14.9 Å². The van der Waals surface area contributed by atoms with Crippen LogP contribution in [-0.4, -0.2) is 24.7 Å². The number of rotatable bonds is 7. The SMILES string of the molecule is Cc1ccc(OCC(=O)N/N=C\c2ccc(OC(=O)c3cccc4ccccc34)cc2)cc1. The van der Waals surface area contributed by atoms with E-state index in [0.29, 0.717) is 17.1 Å². The van der Waals surface area contributed by atoms with Gasteiger partial charge in [-0.2, -0.15) is 5.10 Å². The summed E-state index contributed by atoms with van der Waals surface area (Å²) in [7, 11) is 0. The number of benzene rings is 4. The van der Waals surface area contributed by atoms with E-state index in [4.69, 9.17) is 9.47 Å². The molecule has 0 saturated heterocycles. The molecule has 0 fully saturated rings. The Morgan fingerprint density at radius 3 is 2.33 bits per heavy atom. The molecule has 4 aromatic rings. The summed E-state index contributed by atoms with van der Waals surface area (Å²) in [5.74, 6) is 0.246. The van der Waals surface area contributed by atoms with Gasteiger partial charge in [0.25, 0.3) is 5.91 Å². The van der Waals surface area contributed by atoms with Gasteiger partial charge >= 0.3 is 5.97 Å². The fraction of sp³-hybridized carbons (Fsp3) is 0.0741. The van der Waals surface area contributed by atoms with Crippen molar-refractivity contribution >= 4 is 28.9 Å². The molecule has 33 heavy (non-hydrogen) atoms. The number of nitrogens with zero attached hydrogens (tertiary/aromatic N) is 1. The number of carbonyl (C=O) groups excluding carboxylic acids is 2. The highest BCUT2D eigenvalue weighted by Gasteiger charge is 2.12. The minimum atomic E-state index is -0.422. The van der Waals surface area contributed by atoms with E-state index in [9.17, 15) is 9.59 Å². The van der Waals surface area contributed by atoms with Crippen LogP contribution in [0.3, 0.4) is 0 Å². The molecule has 0 heterocycles. The Hall–Kier alpha value is -4.45. The molecular weight excluding hydrogens is 416 g/mol. The summed E-state index contributed by atoms with van der Waals surface area (Å²) in [5.41, 5.74) is 4.78. The van der Waals surface area contributed by atoms with Crippen molar-refractivity contribution in [3.05, 3.63) is 108 Å². The molecule has 164 valence electrons. The summed E-state index contributed by atoms with van der Waals surface area (Å²) in [4.78, 5) is 24.5. The summed E-state index contributed by atoms with van der Waals surface area (Å²) in [6, 6.07) is 27.5. The smallest absolute Gasteiger partial charge is 0.344 e. The highest BCUT2D eigenvalue weighted by atomic mass is 16.5. The number of nitrogens with one attached hydrogen (secondary N) is 1. The third-order valence-corrected chi connectivity index (χ3v) is 4.89. The number of hydrogen-bond acceptors (Lipinski definition) is 5. The Kier molecular flexibility index (Phi) is 6.75. The van der Waals surface area contributed by atoms with Crippen LogP contribution in [0.5, 0.6) is 11.5 Å². The maximum atomic E-state index is 12.6. The zero-order valence-electron chi connectivity index (χ0n) is 18.0. The van der Waals surface area contributed by atoms with Crippen LogP contribution in [0.15, 0.2) is 96.1 Å². The summed E-state index contributed by atoms with van der Waals surface area (Å²) < 4.78 is 10.9. The highest BCUT2D eigenvalue weighted by molar-refractivity contribution is 6.05. The van der Waals surface area contributed by atoms with Gasteiger partial charge in [0.1, 0.15) is 11.5 Å². The lowest BCUT2D eigenvalue weighted by molar-refractivity contribution is -0.123. The third-order valence-electron chi connectivity index (χ3n) is 4.89. The van der Waals surface area contributed by atoms with E-state index in [1.54, 1.807) is 42.5 Å². The second-order valence-corrected chi connectivity index (χ2v) is 7.38. The van der Waals surface area contributed by atoms with Crippen LogP contribution >= 0.6 is 0 Å². The van der Waals surface area contributed by atoms with Crippen LogP contribution in [0.1, 0.15) is 21.5 Å². The number of hydrogen-bond donors (Lipinski definition) is 1. The number of hydrazone groups is 1. The van der Waals surface area contributed by atoms with E-state index in [1.807, 2.05) is 55.5 Å². The van der Waals surface area contributed by atoms with Gasteiger partial charge in [0, 0.05) is 0 Å². The topological polar surface area (TPSA) is 77.0 Å². The zero-order valence-corrected chi connectivity index (χ0v) is 18.0. The molecule has 0 aromatic heterocycles. The molecule has 0 spiro atoms. The summed E-state index contributed by atoms with van der Waals surface area (Å²) in [6.07, 6.45) is 1.50. The average molecular weight is 438 g/mol. The van der Waals surface area contributed by atoms with Crippen LogP contribution in [-0.2, 0) is 4.79 Å². The average Bonchev–Trinajstić information content (AvgIpc) is 2.84. The quantitative estimate of drug-likeness (QED) is 0.193. The second-order valence-electron chi connectivity index (χ2n) is 7.38. The van der Waals surface area contributed by atoms with Gasteiger partial charge in [0.15, 0.2) is 6.61 Å². The van der Waals surface area contributed by atoms with E-state index < -0.39 is 5.97 Å². The van der Waals surface area contributed by atoms with E-state index in [-0.39, 0.29) is 12.5 Å². The maximum absolute atomic E-state index is 12.6.